The van der Waals surface area contributed by atoms with Crippen LogP contribution in [0.15, 0.2) is 36.5 Å². The average molecular weight is 400 g/mol. The van der Waals surface area contributed by atoms with E-state index in [1.165, 1.54) is 7.11 Å². The summed E-state index contributed by atoms with van der Waals surface area (Å²) in [6, 6.07) is 9.37. The maximum Gasteiger partial charge on any atom is 0.313 e. The Morgan fingerprint density at radius 1 is 1.21 bits per heavy atom. The van der Waals surface area contributed by atoms with Gasteiger partial charge in [0.25, 0.3) is 0 Å². The molecule has 1 aliphatic rings. The minimum Gasteiger partial charge on any atom is -0.495 e. The van der Waals surface area contributed by atoms with E-state index >= 15 is 0 Å². The highest BCUT2D eigenvalue weighted by molar-refractivity contribution is 6.39. The first-order valence-electron chi connectivity index (χ1n) is 9.66. The molecule has 0 spiro atoms. The predicted molar refractivity (Wildman–Crippen MR) is 110 cm³/mol. The normalized spacial score (nSPS) is 15.6. The number of methoxy groups -OCH3 is 1. The molecular formula is C21H28N4O4. The number of nitrogens with zero attached hydrogens (tertiary/aromatic N) is 2. The Labute approximate surface area is 170 Å². The molecular weight excluding hydrogens is 372 g/mol. The first-order valence-corrected chi connectivity index (χ1v) is 9.66. The van der Waals surface area contributed by atoms with E-state index in [1.54, 1.807) is 12.1 Å². The lowest BCUT2D eigenvalue weighted by Crippen LogP contribution is -2.46. The fraction of sp³-hybridized carbons (Fsp3) is 0.429. The average Bonchev–Trinajstić information content (AvgIpc) is 3.14. The summed E-state index contributed by atoms with van der Waals surface area (Å²) in [5.74, 6) is -0.894. The van der Waals surface area contributed by atoms with Crippen molar-refractivity contribution >= 4 is 17.5 Å². The zero-order chi connectivity index (χ0) is 20.8. The van der Waals surface area contributed by atoms with Crippen LogP contribution in [0.4, 0.5) is 5.69 Å². The van der Waals surface area contributed by atoms with Gasteiger partial charge in [0.15, 0.2) is 0 Å². The molecule has 8 nitrogen and oxygen atoms in total. The van der Waals surface area contributed by atoms with Crippen LogP contribution in [0.5, 0.6) is 5.75 Å². The van der Waals surface area contributed by atoms with E-state index in [0.29, 0.717) is 31.2 Å². The lowest BCUT2D eigenvalue weighted by atomic mass is 10.1. The smallest absolute Gasteiger partial charge is 0.313 e. The lowest BCUT2D eigenvalue weighted by molar-refractivity contribution is -0.136. The van der Waals surface area contributed by atoms with E-state index in [2.05, 4.69) is 15.5 Å². The molecule has 8 heteroatoms. The van der Waals surface area contributed by atoms with Crippen LogP contribution in [0.3, 0.4) is 0 Å². The number of ether oxygens (including phenoxy) is 2. The van der Waals surface area contributed by atoms with Gasteiger partial charge in [-0.25, -0.2) is 0 Å². The van der Waals surface area contributed by atoms with Crippen LogP contribution < -0.4 is 15.4 Å². The standard InChI is InChI=1S/C21H28N4O4/c1-15-6-7-19(28-3)16(13-15)23-21(27)20(26)22-14-18(17-5-4-8-24(17)2)25-9-11-29-12-10-25/h4-8,13,18H,9-12,14H2,1-3H3,(H,22,26)(H,23,27)/t18-/m0/s1. The van der Waals surface area contributed by atoms with Crippen LogP contribution in [0.2, 0.25) is 0 Å². The molecule has 3 rings (SSSR count). The molecule has 1 aliphatic heterocycles. The van der Waals surface area contributed by atoms with Gasteiger partial charge in [-0.2, -0.15) is 0 Å². The third kappa shape index (κ3) is 5.16. The number of hydrogen-bond donors (Lipinski definition) is 2. The molecule has 1 atom stereocenters. The van der Waals surface area contributed by atoms with Crippen LogP contribution in [0, 0.1) is 6.92 Å². The van der Waals surface area contributed by atoms with Crippen molar-refractivity contribution in [2.45, 2.75) is 13.0 Å². The third-order valence-corrected chi connectivity index (χ3v) is 5.08. The topological polar surface area (TPSA) is 84.8 Å². The van der Waals surface area contributed by atoms with Gasteiger partial charge in [-0.05, 0) is 36.8 Å². The molecule has 0 bridgehead atoms. The Hall–Kier alpha value is -2.84. The first-order chi connectivity index (χ1) is 14.0. The number of amides is 2. The molecule has 29 heavy (non-hydrogen) atoms. The van der Waals surface area contributed by atoms with E-state index in [0.717, 1.165) is 24.3 Å². The van der Waals surface area contributed by atoms with Crippen molar-refractivity contribution in [3.05, 3.63) is 47.8 Å². The number of morpholine rings is 1. The molecule has 0 saturated carbocycles. The van der Waals surface area contributed by atoms with Gasteiger partial charge < -0.3 is 24.7 Å². The molecule has 1 saturated heterocycles. The summed E-state index contributed by atoms with van der Waals surface area (Å²) in [5.41, 5.74) is 2.50. The van der Waals surface area contributed by atoms with Gasteiger partial charge >= 0.3 is 11.8 Å². The summed E-state index contributed by atoms with van der Waals surface area (Å²) in [5, 5.41) is 5.42. The van der Waals surface area contributed by atoms with Crippen LogP contribution in [-0.4, -0.2) is 61.2 Å². The number of aryl methyl sites for hydroxylation is 2. The van der Waals surface area contributed by atoms with Crippen LogP contribution >= 0.6 is 0 Å². The highest BCUT2D eigenvalue weighted by Crippen LogP contribution is 2.25. The quantitative estimate of drug-likeness (QED) is 0.718. The highest BCUT2D eigenvalue weighted by atomic mass is 16.5. The number of benzene rings is 1. The maximum atomic E-state index is 12.5. The first kappa shape index (κ1) is 20.9. The van der Waals surface area contributed by atoms with Gasteiger partial charge in [-0.15, -0.1) is 0 Å². The summed E-state index contributed by atoms with van der Waals surface area (Å²) in [7, 11) is 3.49. The number of aromatic nitrogens is 1. The molecule has 0 aliphatic carbocycles. The van der Waals surface area contributed by atoms with E-state index in [1.807, 2.05) is 42.9 Å². The van der Waals surface area contributed by atoms with Gasteiger partial charge in [0.05, 0.1) is 32.1 Å². The number of hydrogen-bond acceptors (Lipinski definition) is 5. The number of nitrogens with one attached hydrogen (secondary N) is 2. The van der Waals surface area contributed by atoms with Crippen LogP contribution in [0.25, 0.3) is 0 Å². The van der Waals surface area contributed by atoms with Gasteiger partial charge in [-0.3, -0.25) is 14.5 Å². The summed E-state index contributed by atoms with van der Waals surface area (Å²) in [6.45, 7) is 5.10. The molecule has 156 valence electrons. The van der Waals surface area contributed by atoms with E-state index in [4.69, 9.17) is 9.47 Å². The molecule has 0 unspecified atom stereocenters. The molecule has 2 aromatic rings. The monoisotopic (exact) mass is 400 g/mol. The molecule has 2 amide bonds. The van der Waals surface area contributed by atoms with E-state index in [-0.39, 0.29) is 6.04 Å². The molecule has 1 fully saturated rings. The molecule has 2 heterocycles. The van der Waals surface area contributed by atoms with Crippen molar-refractivity contribution < 1.29 is 19.1 Å². The zero-order valence-electron chi connectivity index (χ0n) is 17.1. The summed E-state index contributed by atoms with van der Waals surface area (Å²) in [4.78, 5) is 27.1. The van der Waals surface area contributed by atoms with Crippen molar-refractivity contribution in [1.82, 2.24) is 14.8 Å². The van der Waals surface area contributed by atoms with Crippen molar-refractivity contribution in [2.75, 3.05) is 45.3 Å². The second-order valence-electron chi connectivity index (χ2n) is 7.08. The number of carbonyl (C=O) groups is 2. The number of anilines is 1. The van der Waals surface area contributed by atoms with Crippen molar-refractivity contribution in [1.29, 1.82) is 0 Å². The molecule has 2 N–H and O–H groups in total. The Kier molecular flexibility index (Phi) is 6.90. The summed E-state index contributed by atoms with van der Waals surface area (Å²) >= 11 is 0. The summed E-state index contributed by atoms with van der Waals surface area (Å²) < 4.78 is 12.7. The molecule has 0 radical (unpaired) electrons. The Morgan fingerprint density at radius 2 is 1.97 bits per heavy atom. The zero-order valence-corrected chi connectivity index (χ0v) is 17.1. The largest absolute Gasteiger partial charge is 0.495 e. The van der Waals surface area contributed by atoms with E-state index < -0.39 is 11.8 Å². The predicted octanol–water partition coefficient (Wildman–Crippen LogP) is 1.47. The van der Waals surface area contributed by atoms with Gasteiger partial charge in [0.2, 0.25) is 0 Å². The number of rotatable bonds is 6. The highest BCUT2D eigenvalue weighted by Gasteiger charge is 2.26. The Balaban J connectivity index is 1.66. The summed E-state index contributed by atoms with van der Waals surface area (Å²) in [6.07, 6.45) is 1.97. The Morgan fingerprint density at radius 3 is 2.62 bits per heavy atom. The van der Waals surface area contributed by atoms with Gasteiger partial charge in [0, 0.05) is 38.6 Å². The van der Waals surface area contributed by atoms with Crippen LogP contribution in [-0.2, 0) is 21.4 Å². The van der Waals surface area contributed by atoms with Gasteiger partial charge in [0.1, 0.15) is 5.75 Å². The second kappa shape index (κ2) is 9.58. The van der Waals surface area contributed by atoms with Crippen molar-refractivity contribution in [3.8, 4) is 5.75 Å². The Bertz CT molecular complexity index is 858. The van der Waals surface area contributed by atoms with Gasteiger partial charge in [-0.1, -0.05) is 6.07 Å². The molecule has 1 aromatic heterocycles. The minimum atomic E-state index is -0.721. The second-order valence-corrected chi connectivity index (χ2v) is 7.08. The fourth-order valence-corrected chi connectivity index (χ4v) is 3.50. The maximum absolute atomic E-state index is 12.5. The lowest BCUT2D eigenvalue weighted by Gasteiger charge is -2.34. The van der Waals surface area contributed by atoms with Crippen molar-refractivity contribution in [3.63, 3.8) is 0 Å². The molecule has 1 aromatic carbocycles. The SMILES string of the molecule is COc1ccc(C)cc1NC(=O)C(=O)NC[C@@H](c1cccn1C)N1CCOCC1. The number of carbonyl (C=O) groups excluding carboxylic acids is 2. The third-order valence-electron chi connectivity index (χ3n) is 5.08. The van der Waals surface area contributed by atoms with Crippen LogP contribution in [0.1, 0.15) is 17.3 Å². The fourth-order valence-electron chi connectivity index (χ4n) is 3.50. The van der Waals surface area contributed by atoms with Crippen molar-refractivity contribution in [2.24, 2.45) is 7.05 Å². The van der Waals surface area contributed by atoms with E-state index in [9.17, 15) is 9.59 Å². The minimum absolute atomic E-state index is 0.0378.